The molecule has 2 aliphatic heterocycles. The van der Waals surface area contributed by atoms with Crippen molar-refractivity contribution in [2.75, 3.05) is 18.9 Å². The predicted molar refractivity (Wildman–Crippen MR) is 159 cm³/mol. The van der Waals surface area contributed by atoms with Crippen molar-refractivity contribution < 1.29 is 52.0 Å². The lowest BCUT2D eigenvalue weighted by molar-refractivity contribution is -0.0551. The third kappa shape index (κ3) is 5.55. The molecule has 0 aromatic carbocycles. The maximum absolute atomic E-state index is 13.3. The van der Waals surface area contributed by atoms with Crippen LogP contribution in [0.2, 0.25) is 0 Å². The first-order valence-corrected chi connectivity index (χ1v) is 17.5. The molecule has 4 aromatic rings. The molecule has 45 heavy (non-hydrogen) atoms. The molecule has 0 radical (unpaired) electrons. The van der Waals surface area contributed by atoms with E-state index in [1.165, 1.54) is 21.7 Å². The molecular formula is C23H26IN7O12P2. The van der Waals surface area contributed by atoms with Gasteiger partial charge < -0.3 is 44.6 Å². The summed E-state index contributed by atoms with van der Waals surface area (Å²) in [4.78, 5) is 48.6. The summed E-state index contributed by atoms with van der Waals surface area (Å²) < 4.78 is 57.3. The van der Waals surface area contributed by atoms with Crippen molar-refractivity contribution in [2.45, 2.75) is 49.2 Å². The van der Waals surface area contributed by atoms with Gasteiger partial charge in [0.1, 0.15) is 30.1 Å². The number of nitrogens with two attached hydrogens (primary N) is 1. The first-order valence-electron chi connectivity index (χ1n) is 13.5. The number of H-pyrrole nitrogens is 1. The van der Waals surface area contributed by atoms with Crippen LogP contribution >= 0.6 is 38.2 Å². The Bertz CT molecular complexity index is 1940. The van der Waals surface area contributed by atoms with Gasteiger partial charge in [0.25, 0.3) is 5.56 Å². The predicted octanol–water partition coefficient (Wildman–Crippen LogP) is 0.554. The highest BCUT2D eigenvalue weighted by atomic mass is 127. The van der Waals surface area contributed by atoms with Crippen LogP contribution in [0.15, 0.2) is 35.9 Å². The van der Waals surface area contributed by atoms with Gasteiger partial charge in [-0.1, -0.05) is 0 Å². The van der Waals surface area contributed by atoms with Gasteiger partial charge >= 0.3 is 15.6 Å². The van der Waals surface area contributed by atoms with Crippen molar-refractivity contribution >= 4 is 66.1 Å². The number of hydrogen-bond acceptors (Lipinski definition) is 14. The topological polar surface area (TPSA) is 269 Å². The summed E-state index contributed by atoms with van der Waals surface area (Å²) in [6.07, 6.45) is -3.29. The monoisotopic (exact) mass is 781 g/mol. The molecule has 0 amide bonds. The maximum Gasteiger partial charge on any atom is 0.472 e. The second kappa shape index (κ2) is 11.4. The number of aliphatic hydroxyl groups is 2. The smallest absolute Gasteiger partial charge is 0.398 e. The van der Waals surface area contributed by atoms with Gasteiger partial charge in [0, 0.05) is 27.6 Å². The number of phosphoric ester groups is 2. The molecule has 3 fully saturated rings. The molecule has 7 N–H and O–H groups in total. The van der Waals surface area contributed by atoms with Gasteiger partial charge in [-0.2, -0.15) is 0 Å². The highest BCUT2D eigenvalue weighted by Gasteiger charge is 2.53. The van der Waals surface area contributed by atoms with E-state index >= 15 is 0 Å². The Labute approximate surface area is 265 Å². The summed E-state index contributed by atoms with van der Waals surface area (Å²) in [5.41, 5.74) is 6.45. The summed E-state index contributed by atoms with van der Waals surface area (Å²) in [6, 6.07) is 0.677. The van der Waals surface area contributed by atoms with E-state index in [2.05, 4.69) is 19.9 Å². The van der Waals surface area contributed by atoms with Crippen LogP contribution < -0.4 is 11.3 Å². The van der Waals surface area contributed by atoms with Crippen LogP contribution in [-0.4, -0.2) is 92.8 Å². The molecule has 3 aliphatic rings. The molecule has 22 heteroatoms. The number of anilines is 1. The zero-order valence-electron chi connectivity index (χ0n) is 22.8. The van der Waals surface area contributed by atoms with E-state index in [0.29, 0.717) is 20.3 Å². The molecule has 10 atom stereocenters. The first-order chi connectivity index (χ1) is 21.3. The number of ether oxygens (including phenoxy) is 1. The fraction of sp³-hybridized carbons (Fsp3) is 0.478. The van der Waals surface area contributed by atoms with Gasteiger partial charge in [-0.05, 0) is 35.1 Å². The maximum atomic E-state index is 13.3. The number of pyridine rings is 1. The van der Waals surface area contributed by atoms with Gasteiger partial charge in [-0.15, -0.1) is 0 Å². The fourth-order valence-corrected chi connectivity index (χ4v) is 8.87. The van der Waals surface area contributed by atoms with Gasteiger partial charge in [-0.25, -0.2) is 24.1 Å². The Balaban J connectivity index is 1.21. The SMILES string of the molecule is Nc1ccnc2c1c(I)cn2[C@@H]1O[C@@H]2COP(=O)(O)O[C@H]3C(O)[C@@H](COP(=O)(O)OC2[C@@H]1O)C[C@H]3n1cnc2c(=O)[nH]cnc21. The van der Waals surface area contributed by atoms with E-state index in [-0.39, 0.29) is 17.6 Å². The standard InChI is InChI=1S/C23H26IN7O12P2/c24-10-4-30(20-14(10)11(25)1-2-26-20)23-17(33)19-13(41-23)6-40-45(37,38)42-18-12(3-9(16(18)32)5-39-44(35,36)43-19)31-8-29-15-21(31)27-7-28-22(15)34/h1-2,4,7-9,12-13,16-19,23,32-33H,3,5-6H2,(H2,25,26)(H,35,36)(H,37,38)(H,27,28,34)/t9-,12-,13-,16?,17+,18-,19?,23-/m1/s1. The number of nitrogens with zero attached hydrogens (tertiary/aromatic N) is 5. The number of aromatic amines is 1. The number of nitrogen functional groups attached to an aromatic ring is 1. The van der Waals surface area contributed by atoms with Crippen LogP contribution in [0.1, 0.15) is 18.7 Å². The number of aromatic nitrogens is 6. The number of rotatable bonds is 2. The molecule has 1 aliphatic carbocycles. The van der Waals surface area contributed by atoms with E-state index in [4.69, 9.17) is 28.6 Å². The van der Waals surface area contributed by atoms with E-state index in [1.807, 2.05) is 22.6 Å². The molecular weight excluding hydrogens is 755 g/mol. The number of imidazole rings is 1. The lowest BCUT2D eigenvalue weighted by atomic mass is 10.1. The minimum Gasteiger partial charge on any atom is -0.398 e. The first kappa shape index (κ1) is 31.3. The highest BCUT2D eigenvalue weighted by Crippen LogP contribution is 2.55. The number of phosphoric acid groups is 2. The molecule has 7 rings (SSSR count). The van der Waals surface area contributed by atoms with Crippen molar-refractivity contribution in [1.29, 1.82) is 0 Å². The average molecular weight is 781 g/mol. The van der Waals surface area contributed by atoms with Crippen molar-refractivity contribution in [2.24, 2.45) is 5.92 Å². The van der Waals surface area contributed by atoms with Gasteiger partial charge in [0.05, 0.1) is 43.4 Å². The Morgan fingerprint density at radius 2 is 1.73 bits per heavy atom. The second-order valence-electron chi connectivity index (χ2n) is 10.8. The Morgan fingerprint density at radius 1 is 1.00 bits per heavy atom. The van der Waals surface area contributed by atoms with Crippen LogP contribution in [0.3, 0.4) is 0 Å². The minimum absolute atomic E-state index is 0.0128. The van der Waals surface area contributed by atoms with Crippen LogP contribution in [-0.2, 0) is 32.0 Å². The number of halogens is 1. The molecule has 4 aromatic heterocycles. The molecule has 2 bridgehead atoms. The van der Waals surface area contributed by atoms with Crippen molar-refractivity contribution in [3.63, 3.8) is 0 Å². The Morgan fingerprint density at radius 3 is 2.51 bits per heavy atom. The highest BCUT2D eigenvalue weighted by molar-refractivity contribution is 14.1. The quantitative estimate of drug-likeness (QED) is 0.120. The molecule has 6 heterocycles. The van der Waals surface area contributed by atoms with Gasteiger partial charge in [0.2, 0.25) is 0 Å². The second-order valence-corrected chi connectivity index (χ2v) is 14.8. The van der Waals surface area contributed by atoms with Crippen LogP contribution in [0.25, 0.3) is 22.2 Å². The Hall–Kier alpha value is -2.33. The molecule has 1 saturated carbocycles. The van der Waals surface area contributed by atoms with Crippen LogP contribution in [0, 0.1) is 9.49 Å². The average Bonchev–Trinajstić information content (AvgIpc) is 3.71. The largest absolute Gasteiger partial charge is 0.472 e. The molecule has 2 saturated heterocycles. The van der Waals surface area contributed by atoms with E-state index in [0.717, 1.165) is 6.33 Å². The number of hydrogen-bond donors (Lipinski definition) is 6. The zero-order chi connectivity index (χ0) is 31.8. The summed E-state index contributed by atoms with van der Waals surface area (Å²) in [6.45, 7) is -1.30. The van der Waals surface area contributed by atoms with Gasteiger partial charge in [0.15, 0.2) is 17.4 Å². The fourth-order valence-electron chi connectivity index (χ4n) is 6.04. The summed E-state index contributed by atoms with van der Waals surface area (Å²) >= 11 is 2.04. The summed E-state index contributed by atoms with van der Waals surface area (Å²) in [5.74, 6) is -0.928. The van der Waals surface area contributed by atoms with Crippen molar-refractivity contribution in [3.8, 4) is 0 Å². The van der Waals surface area contributed by atoms with Crippen molar-refractivity contribution in [3.05, 3.63) is 45.0 Å². The van der Waals surface area contributed by atoms with E-state index in [1.54, 1.807) is 12.3 Å². The van der Waals surface area contributed by atoms with Crippen molar-refractivity contribution in [1.82, 2.24) is 29.1 Å². The summed E-state index contributed by atoms with van der Waals surface area (Å²) in [7, 11) is -9.94. The van der Waals surface area contributed by atoms with Gasteiger partial charge in [-0.3, -0.25) is 22.9 Å². The zero-order valence-corrected chi connectivity index (χ0v) is 26.7. The van der Waals surface area contributed by atoms with E-state index in [9.17, 15) is 33.9 Å². The normalized spacial score (nSPS) is 37.7. The van der Waals surface area contributed by atoms with Crippen LogP contribution in [0.5, 0.6) is 0 Å². The third-order valence-electron chi connectivity index (χ3n) is 8.11. The number of fused-ring (bicyclic) bond motifs is 5. The molecule has 0 spiro atoms. The van der Waals surface area contributed by atoms with E-state index < -0.39 is 83.1 Å². The Kier molecular flexibility index (Phi) is 7.94. The lowest BCUT2D eigenvalue weighted by Crippen LogP contribution is -2.36. The lowest BCUT2D eigenvalue weighted by Gasteiger charge is -2.26. The third-order valence-corrected chi connectivity index (χ3v) is 10.9. The van der Waals surface area contributed by atoms with Crippen LogP contribution in [0.4, 0.5) is 5.69 Å². The number of aliphatic hydroxyl groups excluding tert-OH is 2. The number of nitrogens with one attached hydrogen (secondary N) is 1. The molecule has 242 valence electrons. The summed E-state index contributed by atoms with van der Waals surface area (Å²) in [5, 5.41) is 23.0. The molecule has 19 nitrogen and oxygen atoms in total. The molecule has 4 unspecified atom stereocenters. The minimum atomic E-state index is -4.99.